The first-order chi connectivity index (χ1) is 17.1. The van der Waals surface area contributed by atoms with Crippen molar-refractivity contribution in [2.75, 3.05) is 0 Å². The van der Waals surface area contributed by atoms with Gasteiger partial charge in [0, 0.05) is 11.8 Å². The van der Waals surface area contributed by atoms with Crippen LogP contribution in [0, 0.1) is 17.3 Å². The fourth-order valence-corrected chi connectivity index (χ4v) is 7.94. The van der Waals surface area contributed by atoms with Gasteiger partial charge in [-0.15, -0.1) is 0 Å². The quantitative estimate of drug-likeness (QED) is 0.295. The first-order valence-corrected chi connectivity index (χ1v) is 13.4. The van der Waals surface area contributed by atoms with Gasteiger partial charge >= 0.3 is 0 Å². The number of Topliss-reactive ketones (excluding diaryl/α,β-unsaturated/α-hetero) is 1. The van der Waals surface area contributed by atoms with Gasteiger partial charge in [0.1, 0.15) is 5.78 Å². The maximum Gasteiger partial charge on any atom is 0.139 e. The molecule has 1 nitrogen and oxygen atoms in total. The minimum atomic E-state index is -0.0436. The summed E-state index contributed by atoms with van der Waals surface area (Å²) in [6.07, 6.45) is 6.55. The van der Waals surface area contributed by atoms with E-state index in [1.165, 1.54) is 51.4 Å². The van der Waals surface area contributed by atoms with Gasteiger partial charge in [0.25, 0.3) is 0 Å². The lowest BCUT2D eigenvalue weighted by Crippen LogP contribution is -2.42. The topological polar surface area (TPSA) is 17.1 Å². The van der Waals surface area contributed by atoms with Crippen molar-refractivity contribution in [1.82, 2.24) is 0 Å². The Morgan fingerprint density at radius 1 is 0.714 bits per heavy atom. The molecule has 0 radical (unpaired) electrons. The van der Waals surface area contributed by atoms with Crippen LogP contribution in [0.5, 0.6) is 0 Å². The smallest absolute Gasteiger partial charge is 0.139 e. The SMILES string of the molecule is C[C@]12CC[C@@H]3c4ccc(-c5ccc(-c6ccccc6)c6ccccc56)cc4CC[C@H]3[C@@H]1CCC2=O. The van der Waals surface area contributed by atoms with E-state index in [-0.39, 0.29) is 5.41 Å². The van der Waals surface area contributed by atoms with Gasteiger partial charge in [-0.3, -0.25) is 4.79 Å². The molecule has 7 rings (SSSR count). The lowest BCUT2D eigenvalue weighted by atomic mass is 9.55. The molecule has 4 aromatic carbocycles. The third-order valence-electron chi connectivity index (χ3n) is 9.76. The highest BCUT2D eigenvalue weighted by Crippen LogP contribution is 2.59. The molecule has 4 aromatic rings. The van der Waals surface area contributed by atoms with Gasteiger partial charge in [0.15, 0.2) is 0 Å². The van der Waals surface area contributed by atoms with Crippen molar-refractivity contribution < 1.29 is 4.79 Å². The van der Waals surface area contributed by atoms with Crippen molar-refractivity contribution in [2.45, 2.75) is 51.4 Å². The van der Waals surface area contributed by atoms with Crippen molar-refractivity contribution in [1.29, 1.82) is 0 Å². The lowest BCUT2D eigenvalue weighted by molar-refractivity contribution is -0.129. The molecule has 0 heterocycles. The highest BCUT2D eigenvalue weighted by Gasteiger charge is 2.54. The van der Waals surface area contributed by atoms with Crippen molar-refractivity contribution in [3.8, 4) is 22.3 Å². The van der Waals surface area contributed by atoms with E-state index in [1.54, 1.807) is 5.56 Å². The van der Waals surface area contributed by atoms with E-state index in [0.29, 0.717) is 23.5 Å². The van der Waals surface area contributed by atoms with Crippen molar-refractivity contribution in [3.63, 3.8) is 0 Å². The normalized spacial score (nSPS) is 27.3. The number of ketones is 1. The van der Waals surface area contributed by atoms with E-state index in [0.717, 1.165) is 25.7 Å². The second kappa shape index (κ2) is 7.92. The van der Waals surface area contributed by atoms with Crippen LogP contribution in [-0.4, -0.2) is 5.78 Å². The van der Waals surface area contributed by atoms with E-state index in [2.05, 4.69) is 91.9 Å². The Kier molecular flexibility index (Phi) is 4.78. The molecule has 2 fully saturated rings. The summed E-state index contributed by atoms with van der Waals surface area (Å²) in [6.45, 7) is 2.27. The largest absolute Gasteiger partial charge is 0.299 e. The second-order valence-electron chi connectivity index (χ2n) is 11.3. The van der Waals surface area contributed by atoms with Crippen LogP contribution in [0.1, 0.15) is 56.1 Å². The summed E-state index contributed by atoms with van der Waals surface area (Å²) in [5, 5.41) is 2.63. The van der Waals surface area contributed by atoms with Gasteiger partial charge in [-0.1, -0.05) is 91.9 Å². The monoisotopic (exact) mass is 456 g/mol. The van der Waals surface area contributed by atoms with E-state index in [1.807, 2.05) is 0 Å². The molecule has 0 aromatic heterocycles. The molecule has 1 heteroatoms. The molecule has 35 heavy (non-hydrogen) atoms. The van der Waals surface area contributed by atoms with Crippen molar-refractivity contribution in [2.24, 2.45) is 17.3 Å². The molecule has 0 aliphatic heterocycles. The van der Waals surface area contributed by atoms with Crippen molar-refractivity contribution >= 4 is 16.6 Å². The Bertz CT molecular complexity index is 1450. The zero-order valence-electron chi connectivity index (χ0n) is 20.5. The molecule has 4 atom stereocenters. The highest BCUT2D eigenvalue weighted by atomic mass is 16.1. The molecule has 3 aliphatic carbocycles. The standard InChI is InChI=1S/C34H32O/c1-34-20-19-30-26-13-11-23(21-24(26)12-14-31(30)32(34)17-18-33(34)35)27-16-15-25(22-7-3-2-4-8-22)28-9-5-6-10-29(27)28/h2-11,13,15-16,21,30-32H,12,14,17-20H2,1H3/t30-,31-,32+,34+/m1/s1. The van der Waals surface area contributed by atoms with Crippen LogP contribution in [0.25, 0.3) is 33.0 Å². The Morgan fingerprint density at radius 3 is 2.20 bits per heavy atom. The highest BCUT2D eigenvalue weighted by molar-refractivity contribution is 6.05. The second-order valence-corrected chi connectivity index (χ2v) is 11.3. The number of hydrogen-bond acceptors (Lipinski definition) is 1. The number of aryl methyl sites for hydroxylation is 1. The average molecular weight is 457 g/mol. The molecule has 0 saturated heterocycles. The first kappa shape index (κ1) is 21.1. The predicted octanol–water partition coefficient (Wildman–Crippen LogP) is 8.60. The van der Waals surface area contributed by atoms with E-state index < -0.39 is 0 Å². The Labute approximate surface area is 208 Å². The van der Waals surface area contributed by atoms with E-state index in [4.69, 9.17) is 0 Å². The minimum Gasteiger partial charge on any atom is -0.299 e. The summed E-state index contributed by atoms with van der Waals surface area (Å²) in [5.41, 5.74) is 8.27. The fraction of sp³-hybridized carbons (Fsp3) is 0.324. The molecule has 0 bridgehead atoms. The fourth-order valence-electron chi connectivity index (χ4n) is 7.94. The number of carbonyl (C=O) groups is 1. The van der Waals surface area contributed by atoms with Crippen LogP contribution in [0.4, 0.5) is 0 Å². The van der Waals surface area contributed by atoms with Crippen LogP contribution in [0.2, 0.25) is 0 Å². The molecule has 0 amide bonds. The zero-order valence-corrected chi connectivity index (χ0v) is 20.5. The van der Waals surface area contributed by atoms with E-state index in [9.17, 15) is 4.79 Å². The van der Waals surface area contributed by atoms with Gasteiger partial charge in [-0.25, -0.2) is 0 Å². The number of fused-ring (bicyclic) bond motifs is 6. The number of rotatable bonds is 2. The summed E-state index contributed by atoms with van der Waals surface area (Å²) in [7, 11) is 0. The Hall–Kier alpha value is -3.19. The Morgan fingerprint density at radius 2 is 1.43 bits per heavy atom. The Balaban J connectivity index is 1.28. The molecule has 3 aliphatic rings. The predicted molar refractivity (Wildman–Crippen MR) is 144 cm³/mol. The first-order valence-electron chi connectivity index (χ1n) is 13.4. The van der Waals surface area contributed by atoms with Gasteiger partial charge in [-0.05, 0) is 94.0 Å². The van der Waals surface area contributed by atoms with Crippen LogP contribution >= 0.6 is 0 Å². The maximum atomic E-state index is 12.7. The minimum absolute atomic E-state index is 0.0436. The molecule has 174 valence electrons. The molecule has 0 spiro atoms. The number of carbonyl (C=O) groups excluding carboxylic acids is 1. The summed E-state index contributed by atoms with van der Waals surface area (Å²) in [5.74, 6) is 2.45. The number of hydrogen-bond donors (Lipinski definition) is 0. The summed E-state index contributed by atoms with van der Waals surface area (Å²) >= 11 is 0. The average Bonchev–Trinajstić information content (AvgIpc) is 3.22. The molecular weight excluding hydrogens is 424 g/mol. The van der Waals surface area contributed by atoms with Crippen LogP contribution in [-0.2, 0) is 11.2 Å². The van der Waals surface area contributed by atoms with E-state index >= 15 is 0 Å². The summed E-state index contributed by atoms with van der Waals surface area (Å²) in [4.78, 5) is 12.7. The number of benzene rings is 4. The van der Waals surface area contributed by atoms with Gasteiger partial charge in [0.2, 0.25) is 0 Å². The van der Waals surface area contributed by atoms with Gasteiger partial charge < -0.3 is 0 Å². The molecular formula is C34H32O. The third kappa shape index (κ3) is 3.17. The van der Waals surface area contributed by atoms with Gasteiger partial charge in [0.05, 0.1) is 0 Å². The third-order valence-corrected chi connectivity index (χ3v) is 9.76. The maximum absolute atomic E-state index is 12.7. The molecule has 0 unspecified atom stereocenters. The molecule has 0 N–H and O–H groups in total. The molecule has 2 saturated carbocycles. The van der Waals surface area contributed by atoms with Crippen LogP contribution in [0.3, 0.4) is 0 Å². The van der Waals surface area contributed by atoms with Crippen LogP contribution in [0.15, 0.2) is 84.9 Å². The summed E-state index contributed by atoms with van der Waals surface area (Å²) < 4.78 is 0. The van der Waals surface area contributed by atoms with Gasteiger partial charge in [-0.2, -0.15) is 0 Å². The zero-order chi connectivity index (χ0) is 23.6. The summed E-state index contributed by atoms with van der Waals surface area (Å²) in [6, 6.07) is 31.4. The van der Waals surface area contributed by atoms with Crippen molar-refractivity contribution in [3.05, 3.63) is 96.1 Å². The lowest BCUT2D eigenvalue weighted by Gasteiger charge is -2.48. The van der Waals surface area contributed by atoms with Crippen LogP contribution < -0.4 is 0 Å².